The summed E-state index contributed by atoms with van der Waals surface area (Å²) in [6.07, 6.45) is 3.25. The minimum absolute atomic E-state index is 0.155. The van der Waals surface area contributed by atoms with Gasteiger partial charge in [0.1, 0.15) is 16.7 Å². The average Bonchev–Trinajstić information content (AvgIpc) is 3.07. The number of nitrogens with one attached hydrogen (secondary N) is 1. The number of benzene rings is 1. The summed E-state index contributed by atoms with van der Waals surface area (Å²) in [5.74, 6) is 0. The molecule has 0 unspecified atom stereocenters. The normalized spacial score (nSPS) is 16.1. The summed E-state index contributed by atoms with van der Waals surface area (Å²) in [5, 5.41) is 10.8. The van der Waals surface area contributed by atoms with E-state index in [0.29, 0.717) is 11.2 Å². The molecule has 0 radical (unpaired) electrons. The Morgan fingerprint density at radius 3 is 2.50 bits per heavy atom. The number of β-amino-alcohol motifs (C(OH)–C–C–N with tert-alkyl or cyclic N) is 1. The predicted molar refractivity (Wildman–Crippen MR) is 105 cm³/mol. The van der Waals surface area contributed by atoms with E-state index in [9.17, 15) is 14.7 Å². The molecule has 1 aliphatic heterocycles. The molecule has 2 N–H and O–H groups in total. The van der Waals surface area contributed by atoms with Gasteiger partial charge < -0.3 is 24.1 Å². The van der Waals surface area contributed by atoms with Crippen molar-refractivity contribution < 1.29 is 14.6 Å². The molecule has 7 heteroatoms. The predicted octanol–water partition coefficient (Wildman–Crippen LogP) is 2.73. The van der Waals surface area contributed by atoms with Crippen molar-refractivity contribution >= 4 is 11.6 Å². The number of H-pyrrole nitrogens is 1. The Morgan fingerprint density at radius 1 is 1.18 bits per heavy atom. The summed E-state index contributed by atoms with van der Waals surface area (Å²) >= 11 is 0. The second-order valence-corrected chi connectivity index (χ2v) is 8.24. The molecule has 0 atom stereocenters. The summed E-state index contributed by atoms with van der Waals surface area (Å²) in [7, 11) is 0. The van der Waals surface area contributed by atoms with Gasteiger partial charge in [0.15, 0.2) is 0 Å². The number of likely N-dealkylation sites (tertiary alicyclic amines) is 1. The van der Waals surface area contributed by atoms with Gasteiger partial charge in [-0.3, -0.25) is 4.79 Å². The molecule has 7 nitrogen and oxygen atoms in total. The van der Waals surface area contributed by atoms with E-state index in [2.05, 4.69) is 4.98 Å². The van der Waals surface area contributed by atoms with Crippen molar-refractivity contribution in [3.8, 4) is 11.3 Å². The summed E-state index contributed by atoms with van der Waals surface area (Å²) < 4.78 is 7.11. The van der Waals surface area contributed by atoms with Crippen molar-refractivity contribution in [2.24, 2.45) is 0 Å². The number of rotatable bonds is 2. The number of fused-ring (bicyclic) bond motifs is 1. The topological polar surface area (TPSA) is 87.0 Å². The highest BCUT2D eigenvalue weighted by Gasteiger charge is 2.46. The molecule has 28 heavy (non-hydrogen) atoms. The van der Waals surface area contributed by atoms with Crippen LogP contribution in [0, 0.1) is 0 Å². The van der Waals surface area contributed by atoms with Gasteiger partial charge in [-0.25, -0.2) is 4.79 Å². The number of aromatic nitrogens is 2. The minimum Gasteiger partial charge on any atom is -0.444 e. The van der Waals surface area contributed by atoms with E-state index in [0.717, 1.165) is 11.1 Å². The van der Waals surface area contributed by atoms with Crippen LogP contribution in [0.3, 0.4) is 0 Å². The molecule has 146 valence electrons. The Hall–Kier alpha value is -3.06. The lowest BCUT2D eigenvalue weighted by atomic mass is 9.86. The van der Waals surface area contributed by atoms with Gasteiger partial charge in [-0.2, -0.15) is 0 Å². The molecule has 1 fully saturated rings. The molecule has 0 aliphatic carbocycles. The maximum atomic E-state index is 12.1. The fourth-order valence-electron chi connectivity index (χ4n) is 3.39. The zero-order valence-corrected chi connectivity index (χ0v) is 16.1. The average molecular weight is 381 g/mol. The van der Waals surface area contributed by atoms with Crippen molar-refractivity contribution in [1.29, 1.82) is 0 Å². The van der Waals surface area contributed by atoms with Crippen LogP contribution in [-0.2, 0) is 10.3 Å². The number of carbonyl (C=O) groups excluding carboxylic acids is 1. The number of ether oxygens (including phenoxy) is 1. The van der Waals surface area contributed by atoms with E-state index < -0.39 is 17.3 Å². The van der Waals surface area contributed by atoms with Crippen LogP contribution in [0.4, 0.5) is 4.79 Å². The summed E-state index contributed by atoms with van der Waals surface area (Å²) in [6, 6.07) is 10.9. The van der Waals surface area contributed by atoms with Crippen LogP contribution in [0.25, 0.3) is 16.8 Å². The number of nitrogens with zero attached hydrogens (tertiary/aromatic N) is 2. The van der Waals surface area contributed by atoms with Crippen LogP contribution in [0.5, 0.6) is 0 Å². The van der Waals surface area contributed by atoms with E-state index >= 15 is 0 Å². The second kappa shape index (κ2) is 6.24. The van der Waals surface area contributed by atoms with E-state index in [1.165, 1.54) is 4.90 Å². The van der Waals surface area contributed by atoms with E-state index in [4.69, 9.17) is 4.74 Å². The van der Waals surface area contributed by atoms with Crippen molar-refractivity contribution in [2.75, 3.05) is 13.1 Å². The van der Waals surface area contributed by atoms with Crippen LogP contribution >= 0.6 is 0 Å². The SMILES string of the molecule is CC(C)(C)OC(=O)N1CC(O)(c2ccc(-c3cn4cccc4c(=O)[nH]3)cc2)C1. The van der Waals surface area contributed by atoms with Crippen LogP contribution in [-0.4, -0.2) is 44.2 Å². The van der Waals surface area contributed by atoms with Gasteiger partial charge in [0.25, 0.3) is 5.56 Å². The van der Waals surface area contributed by atoms with Gasteiger partial charge in [0.2, 0.25) is 0 Å². The zero-order valence-electron chi connectivity index (χ0n) is 16.1. The van der Waals surface area contributed by atoms with Crippen LogP contribution in [0.15, 0.2) is 53.6 Å². The molecule has 1 amide bonds. The Balaban J connectivity index is 1.50. The molecule has 1 aliphatic rings. The van der Waals surface area contributed by atoms with Gasteiger partial charge in [0, 0.05) is 12.4 Å². The van der Waals surface area contributed by atoms with Gasteiger partial charge in [-0.05, 0) is 44.0 Å². The molecule has 0 bridgehead atoms. The first-order valence-electron chi connectivity index (χ1n) is 9.16. The number of aromatic amines is 1. The molecule has 0 saturated carbocycles. The minimum atomic E-state index is -1.09. The number of hydrogen-bond donors (Lipinski definition) is 2. The largest absolute Gasteiger partial charge is 0.444 e. The maximum Gasteiger partial charge on any atom is 0.410 e. The molecular formula is C21H23N3O4. The van der Waals surface area contributed by atoms with Crippen LogP contribution < -0.4 is 5.56 Å². The summed E-state index contributed by atoms with van der Waals surface area (Å²) in [5.41, 5.74) is 1.03. The fourth-order valence-corrected chi connectivity index (χ4v) is 3.39. The number of aliphatic hydroxyl groups is 1. The van der Waals surface area contributed by atoms with E-state index in [-0.39, 0.29) is 18.6 Å². The van der Waals surface area contributed by atoms with Crippen molar-refractivity contribution in [3.63, 3.8) is 0 Å². The number of amides is 1. The molecule has 3 aromatic rings. The van der Waals surface area contributed by atoms with Crippen molar-refractivity contribution in [3.05, 3.63) is 64.7 Å². The zero-order chi connectivity index (χ0) is 20.1. The molecule has 1 saturated heterocycles. The number of hydrogen-bond acceptors (Lipinski definition) is 4. The Morgan fingerprint density at radius 2 is 1.86 bits per heavy atom. The summed E-state index contributed by atoms with van der Waals surface area (Å²) in [6.45, 7) is 5.81. The van der Waals surface area contributed by atoms with Crippen molar-refractivity contribution in [2.45, 2.75) is 32.0 Å². The first-order valence-corrected chi connectivity index (χ1v) is 9.16. The highest BCUT2D eigenvalue weighted by Crippen LogP contribution is 2.33. The van der Waals surface area contributed by atoms with E-state index in [1.54, 1.807) is 10.5 Å². The third kappa shape index (κ3) is 3.29. The Labute approximate surface area is 162 Å². The molecule has 3 heterocycles. The fraction of sp³-hybridized carbons (Fsp3) is 0.333. The molecule has 1 aromatic carbocycles. The van der Waals surface area contributed by atoms with Crippen LogP contribution in [0.1, 0.15) is 26.3 Å². The number of carbonyl (C=O) groups is 1. The third-order valence-electron chi connectivity index (χ3n) is 4.82. The maximum absolute atomic E-state index is 12.1. The lowest BCUT2D eigenvalue weighted by Crippen LogP contribution is -2.61. The first kappa shape index (κ1) is 18.3. The lowest BCUT2D eigenvalue weighted by molar-refractivity contribution is -0.103. The van der Waals surface area contributed by atoms with Gasteiger partial charge in [-0.1, -0.05) is 24.3 Å². The van der Waals surface area contributed by atoms with E-state index in [1.807, 2.05) is 63.5 Å². The monoisotopic (exact) mass is 381 g/mol. The third-order valence-corrected chi connectivity index (χ3v) is 4.82. The Kier molecular flexibility index (Phi) is 4.08. The second-order valence-electron chi connectivity index (χ2n) is 8.24. The smallest absolute Gasteiger partial charge is 0.410 e. The van der Waals surface area contributed by atoms with Gasteiger partial charge in [0.05, 0.1) is 18.8 Å². The highest BCUT2D eigenvalue weighted by atomic mass is 16.6. The quantitative estimate of drug-likeness (QED) is 0.715. The van der Waals surface area contributed by atoms with Crippen LogP contribution in [0.2, 0.25) is 0 Å². The van der Waals surface area contributed by atoms with Gasteiger partial charge in [-0.15, -0.1) is 0 Å². The van der Waals surface area contributed by atoms with Gasteiger partial charge >= 0.3 is 6.09 Å². The van der Waals surface area contributed by atoms with Crippen molar-refractivity contribution in [1.82, 2.24) is 14.3 Å². The molecule has 0 spiro atoms. The molecule has 2 aromatic heterocycles. The molecule has 4 rings (SSSR count). The lowest BCUT2D eigenvalue weighted by Gasteiger charge is -2.46. The Bertz CT molecular complexity index is 1080. The first-order chi connectivity index (χ1) is 13.1. The summed E-state index contributed by atoms with van der Waals surface area (Å²) in [4.78, 5) is 28.6. The molecular weight excluding hydrogens is 358 g/mol. The highest BCUT2D eigenvalue weighted by molar-refractivity contribution is 5.70. The standard InChI is InChI=1S/C21H23N3O4/c1-20(2,3)28-19(26)24-12-21(27,13-24)15-8-6-14(7-9-15)16-11-23-10-4-5-17(23)18(25)22-16/h4-11,27H,12-13H2,1-3H3,(H,22,25).